The third-order valence-electron chi connectivity index (χ3n) is 2.78. The van der Waals surface area contributed by atoms with Crippen LogP contribution in [0.25, 0.3) is 0 Å². The number of nitrogens with two attached hydrogens (primary N) is 1. The lowest BCUT2D eigenvalue weighted by molar-refractivity contribution is -0.122. The van der Waals surface area contributed by atoms with Crippen molar-refractivity contribution in [2.45, 2.75) is 19.8 Å². The molecule has 0 radical (unpaired) electrons. The number of amides is 1. The van der Waals surface area contributed by atoms with E-state index >= 15 is 0 Å². The van der Waals surface area contributed by atoms with Gasteiger partial charge >= 0.3 is 0 Å². The summed E-state index contributed by atoms with van der Waals surface area (Å²) < 4.78 is 0. The Labute approximate surface area is 112 Å². The normalized spacial score (nSPS) is 13.9. The number of anilines is 3. The van der Waals surface area contributed by atoms with Gasteiger partial charge < -0.3 is 21.7 Å². The van der Waals surface area contributed by atoms with Crippen LogP contribution in [0.5, 0.6) is 0 Å². The molecule has 1 heterocycles. The zero-order valence-electron chi connectivity index (χ0n) is 11.1. The van der Waals surface area contributed by atoms with E-state index in [4.69, 9.17) is 5.73 Å². The standard InChI is InChI=1S/C12H20N6O/c1-2-14-9-7-10(18-12(13)17-9)15-5-6-16-11(19)8-3-4-8/h7-8H,2-6H2,1H3,(H,16,19)(H4,13,14,15,17,18). The van der Waals surface area contributed by atoms with Crippen LogP contribution in [0.2, 0.25) is 0 Å². The molecule has 1 fully saturated rings. The van der Waals surface area contributed by atoms with Crippen LogP contribution in [-0.2, 0) is 4.79 Å². The molecule has 0 aromatic carbocycles. The van der Waals surface area contributed by atoms with Gasteiger partial charge in [-0.05, 0) is 19.8 Å². The van der Waals surface area contributed by atoms with Crippen molar-refractivity contribution < 1.29 is 4.79 Å². The molecule has 0 unspecified atom stereocenters. The van der Waals surface area contributed by atoms with Gasteiger partial charge in [0.15, 0.2) is 0 Å². The number of aromatic nitrogens is 2. The van der Waals surface area contributed by atoms with Gasteiger partial charge in [0.2, 0.25) is 11.9 Å². The number of nitrogen functional groups attached to an aromatic ring is 1. The molecular formula is C12H20N6O. The van der Waals surface area contributed by atoms with Crippen LogP contribution in [0.3, 0.4) is 0 Å². The average Bonchev–Trinajstić information content (AvgIpc) is 3.18. The van der Waals surface area contributed by atoms with Crippen molar-refractivity contribution in [2.75, 3.05) is 36.0 Å². The fourth-order valence-corrected chi connectivity index (χ4v) is 1.69. The van der Waals surface area contributed by atoms with E-state index in [1.54, 1.807) is 6.07 Å². The van der Waals surface area contributed by atoms with E-state index in [9.17, 15) is 4.79 Å². The summed E-state index contributed by atoms with van der Waals surface area (Å²) >= 11 is 0. The predicted octanol–water partition coefficient (Wildman–Crippen LogP) is 0.429. The minimum absolute atomic E-state index is 0.150. The minimum atomic E-state index is 0.150. The molecule has 1 saturated carbocycles. The first-order valence-electron chi connectivity index (χ1n) is 6.59. The lowest BCUT2D eigenvalue weighted by atomic mass is 10.4. The lowest BCUT2D eigenvalue weighted by Crippen LogP contribution is -2.30. The Balaban J connectivity index is 1.76. The molecule has 0 aliphatic heterocycles. The first-order valence-corrected chi connectivity index (χ1v) is 6.59. The molecule has 1 aromatic rings. The topological polar surface area (TPSA) is 105 Å². The zero-order chi connectivity index (χ0) is 13.7. The zero-order valence-corrected chi connectivity index (χ0v) is 11.1. The average molecular weight is 264 g/mol. The van der Waals surface area contributed by atoms with Gasteiger partial charge in [0.25, 0.3) is 0 Å². The fraction of sp³-hybridized carbons (Fsp3) is 0.583. The third-order valence-corrected chi connectivity index (χ3v) is 2.78. The minimum Gasteiger partial charge on any atom is -0.370 e. The summed E-state index contributed by atoms with van der Waals surface area (Å²) in [6, 6.07) is 1.79. The number of nitrogens with one attached hydrogen (secondary N) is 3. The fourth-order valence-electron chi connectivity index (χ4n) is 1.69. The van der Waals surface area contributed by atoms with Crippen molar-refractivity contribution >= 4 is 23.5 Å². The molecule has 1 aromatic heterocycles. The number of hydrogen-bond donors (Lipinski definition) is 4. The van der Waals surface area contributed by atoms with Crippen molar-refractivity contribution in [1.82, 2.24) is 15.3 Å². The summed E-state index contributed by atoms with van der Waals surface area (Å²) in [4.78, 5) is 19.6. The SMILES string of the molecule is CCNc1cc(NCCNC(=O)C2CC2)nc(N)n1. The Hall–Kier alpha value is -2.05. The molecule has 0 atom stereocenters. The molecule has 19 heavy (non-hydrogen) atoms. The van der Waals surface area contributed by atoms with Crippen LogP contribution in [0.1, 0.15) is 19.8 Å². The summed E-state index contributed by atoms with van der Waals surface area (Å²) in [5.74, 6) is 1.97. The quantitative estimate of drug-likeness (QED) is 0.532. The number of nitrogens with zero attached hydrogens (tertiary/aromatic N) is 2. The van der Waals surface area contributed by atoms with E-state index in [1.807, 2.05) is 6.92 Å². The van der Waals surface area contributed by atoms with Crippen LogP contribution in [0, 0.1) is 5.92 Å². The molecule has 1 aliphatic carbocycles. The Kier molecular flexibility index (Phi) is 4.38. The molecule has 0 bridgehead atoms. The van der Waals surface area contributed by atoms with Crippen LogP contribution in [-0.4, -0.2) is 35.5 Å². The highest BCUT2D eigenvalue weighted by Crippen LogP contribution is 2.28. The van der Waals surface area contributed by atoms with Gasteiger partial charge in [0.05, 0.1) is 0 Å². The van der Waals surface area contributed by atoms with Gasteiger partial charge in [0, 0.05) is 31.6 Å². The summed E-state index contributed by atoms with van der Waals surface area (Å²) in [6.45, 7) is 3.95. The summed E-state index contributed by atoms with van der Waals surface area (Å²) in [6.07, 6.45) is 2.04. The molecule has 104 valence electrons. The van der Waals surface area contributed by atoms with Gasteiger partial charge in [-0.3, -0.25) is 4.79 Å². The van der Waals surface area contributed by atoms with Gasteiger partial charge in [-0.1, -0.05) is 0 Å². The summed E-state index contributed by atoms with van der Waals surface area (Å²) in [5.41, 5.74) is 5.62. The molecule has 1 aliphatic rings. The maximum absolute atomic E-state index is 11.4. The van der Waals surface area contributed by atoms with Crippen molar-refractivity contribution in [1.29, 1.82) is 0 Å². The number of carbonyl (C=O) groups excluding carboxylic acids is 1. The van der Waals surface area contributed by atoms with E-state index in [2.05, 4.69) is 25.9 Å². The Morgan fingerprint density at radius 3 is 2.63 bits per heavy atom. The van der Waals surface area contributed by atoms with Crippen molar-refractivity contribution in [3.05, 3.63) is 6.07 Å². The summed E-state index contributed by atoms with van der Waals surface area (Å²) in [7, 11) is 0. The molecule has 1 amide bonds. The molecule has 7 nitrogen and oxygen atoms in total. The van der Waals surface area contributed by atoms with E-state index in [0.717, 1.165) is 19.4 Å². The van der Waals surface area contributed by atoms with E-state index in [-0.39, 0.29) is 17.8 Å². The summed E-state index contributed by atoms with van der Waals surface area (Å²) in [5, 5.41) is 9.07. The largest absolute Gasteiger partial charge is 0.370 e. The van der Waals surface area contributed by atoms with Gasteiger partial charge in [-0.2, -0.15) is 9.97 Å². The van der Waals surface area contributed by atoms with Crippen LogP contribution in [0.15, 0.2) is 6.07 Å². The molecule has 5 N–H and O–H groups in total. The molecule has 0 spiro atoms. The van der Waals surface area contributed by atoms with E-state index in [1.165, 1.54) is 0 Å². The second-order valence-corrected chi connectivity index (χ2v) is 4.52. The predicted molar refractivity (Wildman–Crippen MR) is 74.8 cm³/mol. The Morgan fingerprint density at radius 2 is 2.00 bits per heavy atom. The number of carbonyl (C=O) groups is 1. The first kappa shape index (κ1) is 13.4. The van der Waals surface area contributed by atoms with Crippen molar-refractivity contribution in [3.63, 3.8) is 0 Å². The van der Waals surface area contributed by atoms with Crippen molar-refractivity contribution in [2.24, 2.45) is 5.92 Å². The molecular weight excluding hydrogens is 244 g/mol. The van der Waals surface area contributed by atoms with Gasteiger partial charge in [-0.15, -0.1) is 0 Å². The van der Waals surface area contributed by atoms with Crippen LogP contribution in [0.4, 0.5) is 17.6 Å². The monoisotopic (exact) mass is 264 g/mol. The Bertz CT molecular complexity index is 446. The smallest absolute Gasteiger partial charge is 0.223 e. The van der Waals surface area contributed by atoms with Crippen LogP contribution >= 0.6 is 0 Å². The Morgan fingerprint density at radius 1 is 1.32 bits per heavy atom. The van der Waals surface area contributed by atoms with Crippen LogP contribution < -0.4 is 21.7 Å². The third kappa shape index (κ3) is 4.27. The maximum atomic E-state index is 11.4. The van der Waals surface area contributed by atoms with Crippen molar-refractivity contribution in [3.8, 4) is 0 Å². The molecule has 7 heteroatoms. The highest BCUT2D eigenvalue weighted by molar-refractivity contribution is 5.80. The molecule has 2 rings (SSSR count). The first-order chi connectivity index (χ1) is 9.19. The maximum Gasteiger partial charge on any atom is 0.223 e. The second-order valence-electron chi connectivity index (χ2n) is 4.52. The highest BCUT2D eigenvalue weighted by atomic mass is 16.2. The highest BCUT2D eigenvalue weighted by Gasteiger charge is 2.28. The van der Waals surface area contributed by atoms with Gasteiger partial charge in [0.1, 0.15) is 11.6 Å². The lowest BCUT2D eigenvalue weighted by Gasteiger charge is -2.09. The second kappa shape index (κ2) is 6.21. The van der Waals surface area contributed by atoms with E-state index in [0.29, 0.717) is 24.7 Å². The van der Waals surface area contributed by atoms with Gasteiger partial charge in [-0.25, -0.2) is 0 Å². The number of hydrogen-bond acceptors (Lipinski definition) is 6. The number of rotatable bonds is 7. The molecule has 0 saturated heterocycles. The van der Waals surface area contributed by atoms with E-state index < -0.39 is 0 Å².